The van der Waals surface area contributed by atoms with E-state index in [0.717, 1.165) is 12.1 Å². The summed E-state index contributed by atoms with van der Waals surface area (Å²) in [6.07, 6.45) is -3.47. The second kappa shape index (κ2) is 8.85. The van der Waals surface area contributed by atoms with E-state index in [1.807, 2.05) is 18.2 Å². The van der Waals surface area contributed by atoms with Gasteiger partial charge in [0, 0.05) is 24.5 Å². The number of nitrogens with zero attached hydrogens (tertiary/aromatic N) is 1. The van der Waals surface area contributed by atoms with Crippen molar-refractivity contribution in [2.45, 2.75) is 19.2 Å². The first-order chi connectivity index (χ1) is 13.8. The highest BCUT2D eigenvalue weighted by Crippen LogP contribution is 2.25. The van der Waals surface area contributed by atoms with Gasteiger partial charge in [0.05, 0.1) is 5.92 Å². The van der Waals surface area contributed by atoms with Gasteiger partial charge < -0.3 is 20.3 Å². The van der Waals surface area contributed by atoms with Crippen LogP contribution in [0.15, 0.2) is 54.6 Å². The summed E-state index contributed by atoms with van der Waals surface area (Å²) in [5.74, 6) is -1.06. The highest BCUT2D eigenvalue weighted by atomic mass is 19.4. The minimum absolute atomic E-state index is 0.264. The molecular formula is C20H20F3N3O3. The highest BCUT2D eigenvalue weighted by molar-refractivity contribution is 5.94. The minimum atomic E-state index is -4.77. The highest BCUT2D eigenvalue weighted by Gasteiger charge is 2.31. The molecule has 6 nitrogen and oxygen atoms in total. The summed E-state index contributed by atoms with van der Waals surface area (Å²) >= 11 is 0. The second-order valence-corrected chi connectivity index (χ2v) is 6.64. The van der Waals surface area contributed by atoms with E-state index in [2.05, 4.69) is 15.4 Å². The number of anilines is 2. The van der Waals surface area contributed by atoms with Gasteiger partial charge >= 0.3 is 12.4 Å². The predicted molar refractivity (Wildman–Crippen MR) is 102 cm³/mol. The molecule has 0 saturated carbocycles. The SMILES string of the molecule is O=C(Nc1ccc(OC(F)(F)F)cc1)[C@H]1CCCN(C(=O)Nc2ccccc2)C1. The lowest BCUT2D eigenvalue weighted by atomic mass is 9.97. The van der Waals surface area contributed by atoms with Gasteiger partial charge in [0.15, 0.2) is 0 Å². The van der Waals surface area contributed by atoms with Crippen LogP contribution in [-0.2, 0) is 4.79 Å². The molecule has 1 heterocycles. The Bertz CT molecular complexity index is 842. The molecule has 0 bridgehead atoms. The van der Waals surface area contributed by atoms with Gasteiger partial charge in [0.2, 0.25) is 5.91 Å². The van der Waals surface area contributed by atoms with Crippen LogP contribution in [0.1, 0.15) is 12.8 Å². The fourth-order valence-corrected chi connectivity index (χ4v) is 3.08. The lowest BCUT2D eigenvalue weighted by Crippen LogP contribution is -2.45. The Balaban J connectivity index is 1.54. The number of amides is 3. The molecule has 3 amide bonds. The molecule has 1 saturated heterocycles. The van der Waals surface area contributed by atoms with Gasteiger partial charge in [-0.3, -0.25) is 4.79 Å². The third kappa shape index (κ3) is 6.13. The molecule has 29 heavy (non-hydrogen) atoms. The predicted octanol–water partition coefficient (Wildman–Crippen LogP) is 4.47. The number of likely N-dealkylation sites (tertiary alicyclic amines) is 1. The van der Waals surface area contributed by atoms with Crippen LogP contribution in [-0.4, -0.2) is 36.3 Å². The number of halogens is 3. The summed E-state index contributed by atoms with van der Waals surface area (Å²) < 4.78 is 40.4. The van der Waals surface area contributed by atoms with Crippen LogP contribution in [0.3, 0.4) is 0 Å². The molecule has 9 heteroatoms. The molecule has 2 N–H and O–H groups in total. The normalized spacial score (nSPS) is 16.8. The lowest BCUT2D eigenvalue weighted by Gasteiger charge is -2.32. The quantitative estimate of drug-likeness (QED) is 0.786. The summed E-state index contributed by atoms with van der Waals surface area (Å²) in [4.78, 5) is 26.5. The number of carbonyl (C=O) groups is 2. The van der Waals surface area contributed by atoms with Gasteiger partial charge in [0.25, 0.3) is 0 Å². The number of alkyl halides is 3. The summed E-state index contributed by atoms with van der Waals surface area (Å²) in [6, 6.07) is 13.7. The summed E-state index contributed by atoms with van der Waals surface area (Å²) in [7, 11) is 0. The fourth-order valence-electron chi connectivity index (χ4n) is 3.08. The van der Waals surface area contributed by atoms with E-state index in [1.165, 1.54) is 12.1 Å². The Kier molecular flexibility index (Phi) is 6.26. The van der Waals surface area contributed by atoms with Gasteiger partial charge in [-0.15, -0.1) is 13.2 Å². The number of carbonyl (C=O) groups excluding carboxylic acids is 2. The summed E-state index contributed by atoms with van der Waals surface area (Å²) in [5.41, 5.74) is 1.03. The molecule has 1 fully saturated rings. The standard InChI is InChI=1S/C20H20F3N3O3/c21-20(22,23)29-17-10-8-16(9-11-17)24-18(27)14-5-4-12-26(13-14)19(28)25-15-6-2-1-3-7-15/h1-3,6-11,14H,4-5,12-13H2,(H,24,27)(H,25,28)/t14-/m0/s1. The van der Waals surface area contributed by atoms with Crippen molar-refractivity contribution in [3.63, 3.8) is 0 Å². The largest absolute Gasteiger partial charge is 0.573 e. The Morgan fingerprint density at radius 3 is 2.28 bits per heavy atom. The minimum Gasteiger partial charge on any atom is -0.406 e. The van der Waals surface area contributed by atoms with E-state index in [4.69, 9.17) is 0 Å². The molecule has 0 aromatic heterocycles. The molecule has 154 valence electrons. The average molecular weight is 407 g/mol. The zero-order valence-electron chi connectivity index (χ0n) is 15.4. The van der Waals surface area contributed by atoms with Crippen molar-refractivity contribution in [1.29, 1.82) is 0 Å². The summed E-state index contributed by atoms with van der Waals surface area (Å²) in [6.45, 7) is 0.811. The van der Waals surface area contributed by atoms with E-state index in [0.29, 0.717) is 30.8 Å². The van der Waals surface area contributed by atoms with E-state index in [-0.39, 0.29) is 24.2 Å². The molecule has 2 aromatic rings. The third-order valence-electron chi connectivity index (χ3n) is 4.46. The molecule has 0 aliphatic carbocycles. The lowest BCUT2D eigenvalue weighted by molar-refractivity contribution is -0.274. The van der Waals surface area contributed by atoms with Gasteiger partial charge in [-0.05, 0) is 49.2 Å². The maximum Gasteiger partial charge on any atom is 0.573 e. The van der Waals surface area contributed by atoms with Crippen LogP contribution in [0.25, 0.3) is 0 Å². The molecule has 0 unspecified atom stereocenters. The number of nitrogens with one attached hydrogen (secondary N) is 2. The van der Waals surface area contributed by atoms with Crippen LogP contribution in [0.5, 0.6) is 5.75 Å². The van der Waals surface area contributed by atoms with Gasteiger partial charge in [-0.2, -0.15) is 0 Å². The number of hydrogen-bond acceptors (Lipinski definition) is 3. The van der Waals surface area contributed by atoms with E-state index >= 15 is 0 Å². The number of ether oxygens (including phenoxy) is 1. The van der Waals surface area contributed by atoms with Gasteiger partial charge in [-0.1, -0.05) is 18.2 Å². The number of piperidine rings is 1. The first-order valence-corrected chi connectivity index (χ1v) is 9.08. The van der Waals surface area contributed by atoms with Crippen molar-refractivity contribution >= 4 is 23.3 Å². The molecular weight excluding hydrogens is 387 g/mol. The van der Waals surface area contributed by atoms with Crippen molar-refractivity contribution in [2.24, 2.45) is 5.92 Å². The number of rotatable bonds is 4. The number of para-hydroxylation sites is 1. The maximum absolute atomic E-state index is 12.5. The van der Waals surface area contributed by atoms with Crippen LogP contribution >= 0.6 is 0 Å². The van der Waals surface area contributed by atoms with Crippen molar-refractivity contribution in [2.75, 3.05) is 23.7 Å². The fraction of sp³-hybridized carbons (Fsp3) is 0.300. The zero-order chi connectivity index (χ0) is 20.9. The van der Waals surface area contributed by atoms with Crippen LogP contribution in [0, 0.1) is 5.92 Å². The number of urea groups is 1. The van der Waals surface area contributed by atoms with Crippen molar-refractivity contribution in [3.05, 3.63) is 54.6 Å². The topological polar surface area (TPSA) is 70.7 Å². The Labute approximate surface area is 165 Å². The van der Waals surface area contributed by atoms with Crippen LogP contribution in [0.4, 0.5) is 29.3 Å². The zero-order valence-corrected chi connectivity index (χ0v) is 15.4. The van der Waals surface area contributed by atoms with Crippen LogP contribution in [0.2, 0.25) is 0 Å². The van der Waals surface area contributed by atoms with E-state index in [9.17, 15) is 22.8 Å². The maximum atomic E-state index is 12.5. The monoisotopic (exact) mass is 407 g/mol. The Hall–Kier alpha value is -3.23. The van der Waals surface area contributed by atoms with Crippen LogP contribution < -0.4 is 15.4 Å². The van der Waals surface area contributed by atoms with Crippen molar-refractivity contribution in [3.8, 4) is 5.75 Å². The molecule has 2 aromatic carbocycles. The average Bonchev–Trinajstić information content (AvgIpc) is 2.69. The number of benzene rings is 2. The first kappa shape index (κ1) is 20.5. The van der Waals surface area contributed by atoms with E-state index in [1.54, 1.807) is 17.0 Å². The third-order valence-corrected chi connectivity index (χ3v) is 4.46. The second-order valence-electron chi connectivity index (χ2n) is 6.64. The molecule has 1 aliphatic rings. The molecule has 0 radical (unpaired) electrons. The molecule has 0 spiro atoms. The smallest absolute Gasteiger partial charge is 0.406 e. The summed E-state index contributed by atoms with van der Waals surface area (Å²) in [5, 5.41) is 5.47. The Morgan fingerprint density at radius 1 is 0.966 bits per heavy atom. The first-order valence-electron chi connectivity index (χ1n) is 9.08. The molecule has 3 rings (SSSR count). The van der Waals surface area contributed by atoms with Crippen molar-refractivity contribution in [1.82, 2.24) is 4.90 Å². The van der Waals surface area contributed by atoms with Gasteiger partial charge in [0.1, 0.15) is 5.75 Å². The molecule has 1 aliphatic heterocycles. The molecule has 1 atom stereocenters. The van der Waals surface area contributed by atoms with Gasteiger partial charge in [-0.25, -0.2) is 4.79 Å². The number of hydrogen-bond donors (Lipinski definition) is 2. The van der Waals surface area contributed by atoms with E-state index < -0.39 is 12.3 Å². The van der Waals surface area contributed by atoms with Crippen molar-refractivity contribution < 1.29 is 27.5 Å². The Morgan fingerprint density at radius 2 is 1.62 bits per heavy atom.